The van der Waals surface area contributed by atoms with Gasteiger partial charge in [0.2, 0.25) is 0 Å². The summed E-state index contributed by atoms with van der Waals surface area (Å²) in [6, 6.07) is 5.04. The van der Waals surface area contributed by atoms with E-state index >= 15 is 0 Å². The van der Waals surface area contributed by atoms with Gasteiger partial charge < -0.3 is 9.47 Å². The van der Waals surface area contributed by atoms with Crippen molar-refractivity contribution in [3.05, 3.63) is 67.6 Å². The van der Waals surface area contributed by atoms with Crippen LogP contribution in [-0.4, -0.2) is 27.4 Å². The monoisotopic (exact) mass is 361 g/mol. The van der Waals surface area contributed by atoms with Crippen molar-refractivity contribution in [3.8, 4) is 5.75 Å². The molecule has 0 aliphatic heterocycles. The molecule has 0 N–H and O–H groups in total. The van der Waals surface area contributed by atoms with Gasteiger partial charge in [0, 0.05) is 23.7 Å². The number of ether oxygens (including phenoxy) is 2. The van der Waals surface area contributed by atoms with Crippen molar-refractivity contribution < 1.29 is 19.2 Å². The minimum atomic E-state index is -0.688. The number of rotatable bonds is 5. The summed E-state index contributed by atoms with van der Waals surface area (Å²) in [5.74, 6) is -0.724. The molecular formula is C15H11N3O6S. The number of carbonyl (C=O) groups is 1. The predicted octanol–water partition coefficient (Wildman–Crippen LogP) is 2.03. The molecule has 128 valence electrons. The van der Waals surface area contributed by atoms with Gasteiger partial charge in [-0.1, -0.05) is 0 Å². The molecule has 3 aromatic rings. The van der Waals surface area contributed by atoms with Gasteiger partial charge in [-0.2, -0.15) is 0 Å². The molecule has 0 aliphatic carbocycles. The highest BCUT2D eigenvalue weighted by Gasteiger charge is 2.19. The molecule has 0 radical (unpaired) electrons. The molecule has 0 saturated heterocycles. The number of nitrogens with zero attached hydrogens (tertiary/aromatic N) is 3. The molecule has 0 amide bonds. The summed E-state index contributed by atoms with van der Waals surface area (Å²) in [6.07, 6.45) is 1.61. The third-order valence-electron chi connectivity index (χ3n) is 3.31. The maximum Gasteiger partial charge on any atom is 0.338 e. The Hall–Kier alpha value is -3.27. The number of fused-ring (bicyclic) bond motifs is 1. The first-order chi connectivity index (χ1) is 12.0. The lowest BCUT2D eigenvalue weighted by molar-refractivity contribution is -0.386. The summed E-state index contributed by atoms with van der Waals surface area (Å²) in [4.78, 5) is 38.7. The van der Waals surface area contributed by atoms with E-state index in [0.29, 0.717) is 10.7 Å². The van der Waals surface area contributed by atoms with Crippen LogP contribution in [0.15, 0.2) is 40.6 Å². The first-order valence-electron chi connectivity index (χ1n) is 6.95. The Labute approximate surface area is 144 Å². The summed E-state index contributed by atoms with van der Waals surface area (Å²) in [6.45, 7) is -0.123. The van der Waals surface area contributed by atoms with E-state index in [-0.39, 0.29) is 29.2 Å². The fraction of sp³-hybridized carbons (Fsp3) is 0.133. The number of nitro benzene ring substituents is 1. The van der Waals surface area contributed by atoms with Crippen LogP contribution in [0.4, 0.5) is 5.69 Å². The molecule has 2 heterocycles. The van der Waals surface area contributed by atoms with E-state index in [1.807, 2.05) is 0 Å². The van der Waals surface area contributed by atoms with Crippen molar-refractivity contribution in [3.63, 3.8) is 0 Å². The predicted molar refractivity (Wildman–Crippen MR) is 88.1 cm³/mol. The van der Waals surface area contributed by atoms with Gasteiger partial charge in [0.25, 0.3) is 5.56 Å². The molecule has 0 aliphatic rings. The Kier molecular flexibility index (Phi) is 4.44. The Bertz CT molecular complexity index is 1030. The van der Waals surface area contributed by atoms with E-state index in [1.54, 1.807) is 11.6 Å². The second-order valence-corrected chi connectivity index (χ2v) is 5.73. The van der Waals surface area contributed by atoms with Gasteiger partial charge >= 0.3 is 11.7 Å². The number of esters is 1. The summed E-state index contributed by atoms with van der Waals surface area (Å²) in [5.41, 5.74) is -0.256. The molecule has 10 heteroatoms. The van der Waals surface area contributed by atoms with Crippen molar-refractivity contribution in [1.29, 1.82) is 0 Å². The zero-order valence-electron chi connectivity index (χ0n) is 12.9. The number of benzene rings is 1. The lowest BCUT2D eigenvalue weighted by Crippen LogP contribution is -2.14. The van der Waals surface area contributed by atoms with Crippen LogP contribution in [0.2, 0.25) is 0 Å². The van der Waals surface area contributed by atoms with Crippen LogP contribution in [0.3, 0.4) is 0 Å². The van der Waals surface area contributed by atoms with E-state index < -0.39 is 10.9 Å². The smallest absolute Gasteiger partial charge is 0.338 e. The van der Waals surface area contributed by atoms with E-state index in [9.17, 15) is 19.7 Å². The highest BCUT2D eigenvalue weighted by molar-refractivity contribution is 7.15. The van der Waals surface area contributed by atoms with Crippen molar-refractivity contribution >= 4 is 28.0 Å². The average Bonchev–Trinajstić information content (AvgIpc) is 3.08. The summed E-state index contributed by atoms with van der Waals surface area (Å²) >= 11 is 1.29. The number of aromatic nitrogens is 2. The maximum atomic E-state index is 11.9. The van der Waals surface area contributed by atoms with E-state index in [2.05, 4.69) is 9.72 Å². The van der Waals surface area contributed by atoms with Crippen LogP contribution in [0.1, 0.15) is 16.1 Å². The fourth-order valence-corrected chi connectivity index (χ4v) is 2.88. The molecule has 0 saturated carbocycles. The molecule has 1 aromatic carbocycles. The molecule has 0 spiro atoms. The number of hydrogen-bond acceptors (Lipinski definition) is 8. The Morgan fingerprint density at radius 2 is 2.20 bits per heavy atom. The maximum absolute atomic E-state index is 11.9. The van der Waals surface area contributed by atoms with Crippen LogP contribution in [0.5, 0.6) is 5.75 Å². The molecule has 0 bridgehead atoms. The molecule has 25 heavy (non-hydrogen) atoms. The molecule has 9 nitrogen and oxygen atoms in total. The number of methoxy groups -OCH3 is 1. The Balaban J connectivity index is 1.87. The highest BCUT2D eigenvalue weighted by Crippen LogP contribution is 2.29. The van der Waals surface area contributed by atoms with Crippen LogP contribution in [-0.2, 0) is 11.3 Å². The van der Waals surface area contributed by atoms with Gasteiger partial charge in [-0.3, -0.25) is 19.3 Å². The zero-order chi connectivity index (χ0) is 18.0. The minimum absolute atomic E-state index is 0.0363. The van der Waals surface area contributed by atoms with E-state index in [1.165, 1.54) is 41.0 Å². The number of carbonyl (C=O) groups excluding carboxylic acids is 1. The van der Waals surface area contributed by atoms with E-state index in [0.717, 1.165) is 6.07 Å². The third-order valence-corrected chi connectivity index (χ3v) is 4.07. The Morgan fingerprint density at radius 1 is 1.40 bits per heavy atom. The molecule has 2 aromatic heterocycles. The molecule has 3 rings (SSSR count). The first-order valence-corrected chi connectivity index (χ1v) is 7.83. The van der Waals surface area contributed by atoms with Crippen LogP contribution < -0.4 is 10.3 Å². The second-order valence-electron chi connectivity index (χ2n) is 4.86. The van der Waals surface area contributed by atoms with Gasteiger partial charge in [-0.15, -0.1) is 11.3 Å². The normalized spacial score (nSPS) is 10.6. The lowest BCUT2D eigenvalue weighted by atomic mass is 10.2. The lowest BCUT2D eigenvalue weighted by Gasteiger charge is -2.07. The van der Waals surface area contributed by atoms with Crippen molar-refractivity contribution in [2.75, 3.05) is 7.11 Å². The topological polar surface area (TPSA) is 113 Å². The molecule has 0 unspecified atom stereocenters. The second kappa shape index (κ2) is 6.69. The van der Waals surface area contributed by atoms with Gasteiger partial charge in [0.15, 0.2) is 10.7 Å². The van der Waals surface area contributed by atoms with Crippen molar-refractivity contribution in [1.82, 2.24) is 9.38 Å². The minimum Gasteiger partial charge on any atom is -0.480 e. The Morgan fingerprint density at radius 3 is 2.92 bits per heavy atom. The van der Waals surface area contributed by atoms with Crippen molar-refractivity contribution in [2.45, 2.75) is 6.61 Å². The number of thiazole rings is 1. The fourth-order valence-electron chi connectivity index (χ4n) is 2.14. The SMILES string of the molecule is COC(=O)c1ccc(OCc2cc(=O)n3ccsc3n2)c([N+](=O)[O-])c1. The van der Waals surface area contributed by atoms with Gasteiger partial charge in [-0.25, -0.2) is 9.78 Å². The highest BCUT2D eigenvalue weighted by atomic mass is 32.1. The molecule has 0 fully saturated rings. The third kappa shape index (κ3) is 3.33. The van der Waals surface area contributed by atoms with Crippen molar-refractivity contribution in [2.24, 2.45) is 0 Å². The number of nitro groups is 1. The van der Waals surface area contributed by atoms with Gasteiger partial charge in [-0.05, 0) is 12.1 Å². The van der Waals surface area contributed by atoms with Gasteiger partial charge in [0.05, 0.1) is 23.3 Å². The van der Waals surface area contributed by atoms with Crippen LogP contribution >= 0.6 is 11.3 Å². The summed E-state index contributed by atoms with van der Waals surface area (Å²) in [5, 5.41) is 12.9. The number of hydrogen-bond donors (Lipinski definition) is 0. The quantitative estimate of drug-likeness (QED) is 0.388. The summed E-state index contributed by atoms with van der Waals surface area (Å²) in [7, 11) is 1.18. The van der Waals surface area contributed by atoms with Crippen LogP contribution in [0.25, 0.3) is 4.96 Å². The zero-order valence-corrected chi connectivity index (χ0v) is 13.7. The van der Waals surface area contributed by atoms with Gasteiger partial charge in [0.1, 0.15) is 6.61 Å². The average molecular weight is 361 g/mol. The molecular weight excluding hydrogens is 350 g/mol. The molecule has 0 atom stereocenters. The van der Waals surface area contributed by atoms with E-state index in [4.69, 9.17) is 4.74 Å². The first kappa shape index (κ1) is 16.6. The standard InChI is InChI=1S/C15H11N3O6S/c1-23-14(20)9-2-3-12(11(6-9)18(21)22)24-8-10-7-13(19)17-4-5-25-15(17)16-10/h2-7H,8H2,1H3. The largest absolute Gasteiger partial charge is 0.480 e. The van der Waals surface area contributed by atoms with Crippen LogP contribution in [0, 0.1) is 10.1 Å². The summed E-state index contributed by atoms with van der Waals surface area (Å²) < 4.78 is 11.4.